The van der Waals surface area contributed by atoms with Crippen LogP contribution < -0.4 is 15.8 Å². The summed E-state index contributed by atoms with van der Waals surface area (Å²) >= 11 is 0.587. The lowest BCUT2D eigenvalue weighted by Gasteiger charge is -2.11. The van der Waals surface area contributed by atoms with Gasteiger partial charge in [-0.3, -0.25) is 14.3 Å². The number of ether oxygens (including phenoxy) is 1. The maximum atomic E-state index is 13.8. The fourth-order valence-electron chi connectivity index (χ4n) is 4.33. The molecule has 10 nitrogen and oxygen atoms in total. The van der Waals surface area contributed by atoms with E-state index in [1.807, 2.05) is 0 Å². The van der Waals surface area contributed by atoms with Gasteiger partial charge < -0.3 is 15.8 Å². The van der Waals surface area contributed by atoms with Crippen molar-refractivity contribution in [3.8, 4) is 16.9 Å². The number of primary amides is 1. The van der Waals surface area contributed by atoms with Crippen LogP contribution in [0, 0.1) is 6.92 Å². The predicted molar refractivity (Wildman–Crippen MR) is 147 cm³/mol. The second-order valence-corrected chi connectivity index (χ2v) is 10.4. The zero-order chi connectivity index (χ0) is 32.0. The largest absolute Gasteiger partial charge is 0.471 e. The van der Waals surface area contributed by atoms with Gasteiger partial charge in [0.2, 0.25) is 0 Å². The number of benzene rings is 1. The van der Waals surface area contributed by atoms with Gasteiger partial charge in [-0.2, -0.15) is 36.5 Å². The molecule has 0 fully saturated rings. The summed E-state index contributed by atoms with van der Waals surface area (Å²) in [6.45, 7) is 3.48. The molecule has 44 heavy (non-hydrogen) atoms. The molecule has 0 aliphatic carbocycles. The number of carbonyl (C=O) groups is 2. The summed E-state index contributed by atoms with van der Waals surface area (Å²) in [5.41, 5.74) is 3.83. The number of nitrogens with two attached hydrogens (primary N) is 1. The van der Waals surface area contributed by atoms with Crippen molar-refractivity contribution in [1.82, 2.24) is 24.5 Å². The van der Waals surface area contributed by atoms with Crippen LogP contribution in [0.4, 0.5) is 32.0 Å². The molecular formula is C27H21F6N7O3S. The minimum absolute atomic E-state index is 0.0265. The van der Waals surface area contributed by atoms with Crippen molar-refractivity contribution in [3.63, 3.8) is 0 Å². The topological polar surface area (TPSA) is 130 Å². The van der Waals surface area contributed by atoms with Crippen molar-refractivity contribution in [1.29, 1.82) is 0 Å². The smallest absolute Gasteiger partial charge is 0.433 e. The van der Waals surface area contributed by atoms with E-state index in [9.17, 15) is 35.9 Å². The third kappa shape index (κ3) is 6.08. The molecule has 0 atom stereocenters. The molecule has 5 rings (SSSR count). The summed E-state index contributed by atoms with van der Waals surface area (Å²) < 4.78 is 88.4. The van der Waals surface area contributed by atoms with Gasteiger partial charge in [-0.1, -0.05) is 6.07 Å². The van der Waals surface area contributed by atoms with Crippen molar-refractivity contribution >= 4 is 39.1 Å². The SMILES string of the molecule is CCn1cc(-c2cc(C(F)(F)F)nc3sc(C(N)=O)c(NC(=O)c4ccn(COc5cccc(C(F)(F)F)c5)n4)c23)c(C)n1. The van der Waals surface area contributed by atoms with Crippen LogP contribution in [0.3, 0.4) is 0 Å². The molecule has 4 aromatic heterocycles. The van der Waals surface area contributed by atoms with E-state index in [4.69, 9.17) is 10.5 Å². The summed E-state index contributed by atoms with van der Waals surface area (Å²) in [7, 11) is 0. The Labute approximate surface area is 248 Å². The van der Waals surface area contributed by atoms with Crippen LogP contribution in [0.1, 0.15) is 44.0 Å². The molecule has 3 N–H and O–H groups in total. The molecule has 0 unspecified atom stereocenters. The van der Waals surface area contributed by atoms with Crippen molar-refractivity contribution in [2.75, 3.05) is 5.32 Å². The van der Waals surface area contributed by atoms with Gasteiger partial charge >= 0.3 is 12.4 Å². The molecular weight excluding hydrogens is 616 g/mol. The van der Waals surface area contributed by atoms with Crippen LogP contribution in [-0.2, 0) is 25.6 Å². The van der Waals surface area contributed by atoms with E-state index in [-0.39, 0.29) is 44.5 Å². The van der Waals surface area contributed by atoms with Crippen LogP contribution in [0.5, 0.6) is 5.75 Å². The number of hydrogen-bond acceptors (Lipinski definition) is 7. The second kappa shape index (κ2) is 11.3. The Morgan fingerprint density at radius 2 is 1.77 bits per heavy atom. The van der Waals surface area contributed by atoms with Crippen molar-refractivity contribution < 1.29 is 40.7 Å². The van der Waals surface area contributed by atoms with Gasteiger partial charge in [-0.05, 0) is 49.7 Å². The molecule has 0 spiro atoms. The van der Waals surface area contributed by atoms with Crippen molar-refractivity contribution in [3.05, 3.63) is 76.3 Å². The van der Waals surface area contributed by atoms with E-state index in [1.165, 1.54) is 29.1 Å². The first kappa shape index (κ1) is 30.5. The molecule has 0 radical (unpaired) electrons. The number of hydrogen-bond donors (Lipinski definition) is 2. The van der Waals surface area contributed by atoms with Gasteiger partial charge in [-0.25, -0.2) is 9.67 Å². The van der Waals surface area contributed by atoms with E-state index >= 15 is 0 Å². The van der Waals surface area contributed by atoms with Crippen molar-refractivity contribution in [2.24, 2.45) is 5.73 Å². The highest BCUT2D eigenvalue weighted by Gasteiger charge is 2.36. The molecule has 0 aliphatic heterocycles. The second-order valence-electron chi connectivity index (χ2n) is 9.38. The monoisotopic (exact) mass is 637 g/mol. The molecule has 0 bridgehead atoms. The third-order valence-corrected chi connectivity index (χ3v) is 7.47. The first-order valence-electron chi connectivity index (χ1n) is 12.7. The van der Waals surface area contributed by atoms with E-state index < -0.39 is 35.4 Å². The highest BCUT2D eigenvalue weighted by Crippen LogP contribution is 2.44. The molecule has 1 aromatic carbocycles. The Morgan fingerprint density at radius 1 is 1.02 bits per heavy atom. The molecule has 4 heterocycles. The minimum atomic E-state index is -4.82. The first-order valence-corrected chi connectivity index (χ1v) is 13.5. The maximum absolute atomic E-state index is 13.8. The third-order valence-electron chi connectivity index (χ3n) is 6.37. The number of pyridine rings is 1. The average Bonchev–Trinajstić information content (AvgIpc) is 3.68. The number of aromatic nitrogens is 5. The summed E-state index contributed by atoms with van der Waals surface area (Å²) in [5, 5.41) is 10.9. The fourth-order valence-corrected chi connectivity index (χ4v) is 5.34. The molecule has 2 amide bonds. The zero-order valence-electron chi connectivity index (χ0n) is 22.7. The van der Waals surface area contributed by atoms with E-state index in [0.29, 0.717) is 29.1 Å². The Balaban J connectivity index is 1.49. The number of alkyl halides is 6. The highest BCUT2D eigenvalue weighted by molar-refractivity contribution is 7.21. The van der Waals surface area contributed by atoms with Gasteiger partial charge in [0.25, 0.3) is 11.8 Å². The number of fused-ring (bicyclic) bond motifs is 1. The van der Waals surface area contributed by atoms with Crippen LogP contribution in [0.15, 0.2) is 48.8 Å². The zero-order valence-corrected chi connectivity index (χ0v) is 23.6. The molecule has 17 heteroatoms. The fraction of sp³-hybridized carbons (Fsp3) is 0.222. The van der Waals surface area contributed by atoms with E-state index in [1.54, 1.807) is 20.0 Å². The summed E-state index contributed by atoms with van der Waals surface area (Å²) in [6, 6.07) is 6.29. The number of rotatable bonds is 8. The van der Waals surface area contributed by atoms with Crippen LogP contribution in [0.2, 0.25) is 0 Å². The van der Waals surface area contributed by atoms with Gasteiger partial charge in [0.1, 0.15) is 21.2 Å². The molecule has 0 aliphatic rings. The van der Waals surface area contributed by atoms with Crippen LogP contribution >= 0.6 is 11.3 Å². The number of nitrogens with one attached hydrogen (secondary N) is 1. The maximum Gasteiger partial charge on any atom is 0.433 e. The van der Waals surface area contributed by atoms with Gasteiger partial charge in [0.05, 0.1) is 16.9 Å². The minimum Gasteiger partial charge on any atom is -0.471 e. The number of aryl methyl sites for hydroxylation is 2. The lowest BCUT2D eigenvalue weighted by Crippen LogP contribution is -2.18. The van der Waals surface area contributed by atoms with Gasteiger partial charge in [0, 0.05) is 29.9 Å². The normalized spacial score (nSPS) is 12.1. The Hall–Kier alpha value is -4.93. The molecule has 5 aromatic rings. The van der Waals surface area contributed by atoms with Gasteiger partial charge in [-0.15, -0.1) is 11.3 Å². The molecule has 230 valence electrons. The number of nitrogens with zero attached hydrogens (tertiary/aromatic N) is 5. The van der Waals surface area contributed by atoms with E-state index in [2.05, 4.69) is 20.5 Å². The lowest BCUT2D eigenvalue weighted by atomic mass is 10.0. The van der Waals surface area contributed by atoms with Crippen molar-refractivity contribution in [2.45, 2.75) is 39.5 Å². The Morgan fingerprint density at radius 3 is 2.41 bits per heavy atom. The van der Waals surface area contributed by atoms with E-state index in [0.717, 1.165) is 22.9 Å². The number of halogens is 6. The van der Waals surface area contributed by atoms with Gasteiger partial charge in [0.15, 0.2) is 12.4 Å². The summed E-state index contributed by atoms with van der Waals surface area (Å²) in [5.74, 6) is -1.95. The van der Waals surface area contributed by atoms with Crippen LogP contribution in [-0.4, -0.2) is 36.4 Å². The van der Waals surface area contributed by atoms with Crippen LogP contribution in [0.25, 0.3) is 21.3 Å². The molecule has 0 saturated heterocycles. The first-order chi connectivity index (χ1) is 20.7. The number of carbonyl (C=O) groups excluding carboxylic acids is 2. The predicted octanol–water partition coefficient (Wildman–Crippen LogP) is 6.11. The Kier molecular flexibility index (Phi) is 7.83. The average molecular weight is 638 g/mol. The molecule has 0 saturated carbocycles. The summed E-state index contributed by atoms with van der Waals surface area (Å²) in [6.07, 6.45) is -6.51. The Bertz CT molecular complexity index is 1890. The lowest BCUT2D eigenvalue weighted by molar-refractivity contribution is -0.141. The standard InChI is InChI=1S/C27H21F6N7O3S/c1-3-39-11-17(13(2)37-39)16-10-19(27(31,32)33)35-25-20(16)21(22(44-25)23(34)41)36-24(42)18-7-8-40(38-18)12-43-15-6-4-5-14(9-15)26(28,29)30/h4-11H,3,12H2,1-2H3,(H2,34,41)(H,36,42). The number of amides is 2. The highest BCUT2D eigenvalue weighted by atomic mass is 32.1. The number of thiophene rings is 1. The summed E-state index contributed by atoms with van der Waals surface area (Å²) in [4.78, 5) is 28.9. The number of anilines is 1. The quantitative estimate of drug-likeness (QED) is 0.198.